The van der Waals surface area contributed by atoms with Crippen LogP contribution in [-0.4, -0.2) is 15.8 Å². The zero-order chi connectivity index (χ0) is 19.0. The molecule has 0 aliphatic rings. The van der Waals surface area contributed by atoms with Crippen LogP contribution in [0.4, 0.5) is 0 Å². The molecule has 1 atom stereocenters. The van der Waals surface area contributed by atoms with Crippen molar-refractivity contribution in [3.05, 3.63) is 39.8 Å². The van der Waals surface area contributed by atoms with Crippen LogP contribution in [0.5, 0.6) is 0 Å². The molecule has 0 aliphatic carbocycles. The molecular formula is C20H29ClO3S. The lowest BCUT2D eigenvalue weighted by atomic mass is 10.1. The molecule has 5 heteroatoms. The minimum atomic E-state index is -1.32. The van der Waals surface area contributed by atoms with Crippen molar-refractivity contribution < 1.29 is 13.7 Å². The van der Waals surface area contributed by atoms with Crippen molar-refractivity contribution in [2.24, 2.45) is 0 Å². The number of hydrogen-bond acceptors (Lipinski definition) is 3. The average Bonchev–Trinajstić information content (AvgIpc) is 2.52. The zero-order valence-corrected chi connectivity index (χ0v) is 17.4. The van der Waals surface area contributed by atoms with Crippen molar-refractivity contribution in [1.82, 2.24) is 0 Å². The van der Waals surface area contributed by atoms with E-state index in [1.54, 1.807) is 0 Å². The van der Waals surface area contributed by atoms with Gasteiger partial charge in [0.05, 0.1) is 10.8 Å². The molecule has 1 rings (SSSR count). The van der Waals surface area contributed by atoms with Gasteiger partial charge in [0.2, 0.25) is 0 Å². The lowest BCUT2D eigenvalue weighted by molar-refractivity contribution is -0.154. The number of carbonyl (C=O) groups excluding carboxylic acids is 1. The number of hydrogen-bond donors (Lipinski definition) is 0. The van der Waals surface area contributed by atoms with Gasteiger partial charge in [-0.2, -0.15) is 0 Å². The van der Waals surface area contributed by atoms with Crippen LogP contribution < -0.4 is 0 Å². The van der Waals surface area contributed by atoms with E-state index in [1.807, 2.05) is 58.9 Å². The Balaban J connectivity index is 2.40. The molecule has 1 aromatic rings. The summed E-state index contributed by atoms with van der Waals surface area (Å²) < 4.78 is 18.2. The lowest BCUT2D eigenvalue weighted by Crippen LogP contribution is -2.23. The van der Waals surface area contributed by atoms with Crippen molar-refractivity contribution in [3.8, 4) is 0 Å². The molecule has 0 saturated carbocycles. The van der Waals surface area contributed by atoms with E-state index in [9.17, 15) is 9.00 Å². The van der Waals surface area contributed by atoms with Crippen LogP contribution in [-0.2, 0) is 20.3 Å². The number of halogens is 1. The van der Waals surface area contributed by atoms with Crippen LogP contribution in [0, 0.1) is 6.92 Å². The fourth-order valence-electron chi connectivity index (χ4n) is 2.25. The monoisotopic (exact) mass is 384 g/mol. The lowest BCUT2D eigenvalue weighted by Gasteiger charge is -2.19. The highest BCUT2D eigenvalue weighted by Crippen LogP contribution is 2.24. The van der Waals surface area contributed by atoms with Gasteiger partial charge in [0, 0.05) is 11.3 Å². The maximum Gasteiger partial charge on any atom is 0.306 e. The fraction of sp³-hybridized carbons (Fsp3) is 0.550. The number of benzene rings is 1. The number of esters is 1. The van der Waals surface area contributed by atoms with E-state index in [0.717, 1.165) is 41.7 Å². The first-order valence-electron chi connectivity index (χ1n) is 8.65. The number of aryl methyl sites for hydroxylation is 1. The highest BCUT2D eigenvalue weighted by Gasteiger charge is 2.15. The van der Waals surface area contributed by atoms with Crippen LogP contribution >= 0.6 is 11.6 Å². The Morgan fingerprint density at radius 1 is 1.08 bits per heavy atom. The van der Waals surface area contributed by atoms with Crippen LogP contribution in [0.2, 0.25) is 0 Å². The summed E-state index contributed by atoms with van der Waals surface area (Å²) in [5, 5.41) is 0. The first kappa shape index (κ1) is 21.9. The molecule has 0 N–H and O–H groups in total. The quantitative estimate of drug-likeness (QED) is 0.416. The maximum atomic E-state index is 12.5. The molecule has 1 aromatic carbocycles. The molecule has 140 valence electrons. The van der Waals surface area contributed by atoms with Gasteiger partial charge < -0.3 is 4.74 Å². The Labute approximate surface area is 159 Å². The molecule has 0 amide bonds. The number of allylic oxidation sites excluding steroid dienone is 1. The van der Waals surface area contributed by atoms with Crippen molar-refractivity contribution >= 4 is 28.4 Å². The van der Waals surface area contributed by atoms with E-state index in [1.165, 1.54) is 0 Å². The Morgan fingerprint density at radius 3 is 2.20 bits per heavy atom. The normalized spacial score (nSPS) is 14.0. The maximum absolute atomic E-state index is 12.5. The Bertz CT molecular complexity index is 627. The van der Waals surface area contributed by atoms with Gasteiger partial charge in [0.15, 0.2) is 0 Å². The highest BCUT2D eigenvalue weighted by atomic mass is 35.5. The van der Waals surface area contributed by atoms with Crippen LogP contribution in [0.15, 0.2) is 39.1 Å². The minimum Gasteiger partial charge on any atom is -0.460 e. The van der Waals surface area contributed by atoms with Gasteiger partial charge >= 0.3 is 5.97 Å². The molecule has 0 spiro atoms. The first-order chi connectivity index (χ1) is 11.6. The molecule has 1 unspecified atom stereocenters. The number of carbonyl (C=O) groups is 1. The second-order valence-corrected chi connectivity index (χ2v) is 9.30. The molecule has 0 heterocycles. The van der Waals surface area contributed by atoms with Crippen LogP contribution in [0.25, 0.3) is 0 Å². The molecule has 0 radical (unpaired) electrons. The zero-order valence-electron chi connectivity index (χ0n) is 15.9. The predicted molar refractivity (Wildman–Crippen MR) is 105 cm³/mol. The average molecular weight is 385 g/mol. The van der Waals surface area contributed by atoms with Gasteiger partial charge in [0.25, 0.3) is 0 Å². The van der Waals surface area contributed by atoms with Crippen molar-refractivity contribution in [2.75, 3.05) is 0 Å². The van der Waals surface area contributed by atoms with Crippen molar-refractivity contribution in [1.29, 1.82) is 0 Å². The van der Waals surface area contributed by atoms with E-state index in [4.69, 9.17) is 16.3 Å². The van der Waals surface area contributed by atoms with E-state index in [2.05, 4.69) is 0 Å². The predicted octanol–water partition coefficient (Wildman–Crippen LogP) is 5.87. The second-order valence-electron chi connectivity index (χ2n) is 7.28. The van der Waals surface area contributed by atoms with E-state index >= 15 is 0 Å². The SMILES string of the molecule is C/C(CCCCCC(=O)OC(C)(C)C)=C(/Cl)S(=O)c1ccc(C)cc1. The molecular weight excluding hydrogens is 356 g/mol. The Morgan fingerprint density at radius 2 is 1.64 bits per heavy atom. The molecule has 3 nitrogen and oxygen atoms in total. The summed E-state index contributed by atoms with van der Waals surface area (Å²) in [6.07, 6.45) is 3.84. The van der Waals surface area contributed by atoms with E-state index in [-0.39, 0.29) is 5.97 Å². The summed E-state index contributed by atoms with van der Waals surface area (Å²) >= 11 is 6.30. The largest absolute Gasteiger partial charge is 0.460 e. The third-order valence-electron chi connectivity index (χ3n) is 3.59. The third-order valence-corrected chi connectivity index (χ3v) is 5.70. The highest BCUT2D eigenvalue weighted by molar-refractivity contribution is 7.90. The van der Waals surface area contributed by atoms with Gasteiger partial charge in [0.1, 0.15) is 9.97 Å². The van der Waals surface area contributed by atoms with Gasteiger partial charge in [-0.1, -0.05) is 35.7 Å². The fourth-order valence-corrected chi connectivity index (χ4v) is 3.62. The molecule has 0 fully saturated rings. The van der Waals surface area contributed by atoms with Gasteiger partial charge in [-0.3, -0.25) is 4.79 Å². The molecule has 0 saturated heterocycles. The smallest absolute Gasteiger partial charge is 0.306 e. The second kappa shape index (κ2) is 10.1. The Hall–Kier alpha value is -1.13. The summed E-state index contributed by atoms with van der Waals surface area (Å²) in [7, 11) is -1.32. The topological polar surface area (TPSA) is 43.4 Å². The summed E-state index contributed by atoms with van der Waals surface area (Å²) in [5.74, 6) is -0.154. The van der Waals surface area contributed by atoms with Crippen LogP contribution in [0.1, 0.15) is 65.4 Å². The third kappa shape index (κ3) is 8.68. The Kier molecular flexibility index (Phi) is 8.87. The minimum absolute atomic E-state index is 0.154. The van der Waals surface area contributed by atoms with Gasteiger partial charge in [-0.25, -0.2) is 4.21 Å². The van der Waals surface area contributed by atoms with Gasteiger partial charge in [-0.15, -0.1) is 0 Å². The van der Waals surface area contributed by atoms with Crippen molar-refractivity contribution in [2.45, 2.75) is 77.2 Å². The molecule has 25 heavy (non-hydrogen) atoms. The molecule has 0 bridgehead atoms. The van der Waals surface area contributed by atoms with Crippen LogP contribution in [0.3, 0.4) is 0 Å². The van der Waals surface area contributed by atoms with E-state index in [0.29, 0.717) is 10.8 Å². The summed E-state index contributed by atoms with van der Waals surface area (Å²) in [6, 6.07) is 7.57. The standard InChI is InChI=1S/C20H29ClO3S/c1-15-11-13-17(14-12-15)25(23)19(21)16(2)9-7-6-8-10-18(22)24-20(3,4)5/h11-14H,6-10H2,1-5H3/b19-16+. The summed E-state index contributed by atoms with van der Waals surface area (Å²) in [6.45, 7) is 9.52. The number of unbranched alkanes of at least 4 members (excludes halogenated alkanes) is 2. The summed E-state index contributed by atoms with van der Waals surface area (Å²) in [5.41, 5.74) is 1.64. The summed E-state index contributed by atoms with van der Waals surface area (Å²) in [4.78, 5) is 12.4. The number of rotatable bonds is 8. The van der Waals surface area contributed by atoms with Crippen molar-refractivity contribution in [3.63, 3.8) is 0 Å². The van der Waals surface area contributed by atoms with E-state index < -0.39 is 16.4 Å². The number of ether oxygens (including phenoxy) is 1. The molecule has 0 aliphatic heterocycles. The first-order valence-corrected chi connectivity index (χ1v) is 10.2. The van der Waals surface area contributed by atoms with Gasteiger partial charge in [-0.05, 0) is 71.6 Å². The molecule has 0 aromatic heterocycles.